The van der Waals surface area contributed by atoms with E-state index in [1.807, 2.05) is 32.0 Å². The molecule has 0 saturated carbocycles. The van der Waals surface area contributed by atoms with E-state index in [1.54, 1.807) is 7.11 Å². The van der Waals surface area contributed by atoms with Gasteiger partial charge in [0.25, 0.3) is 0 Å². The molecule has 0 spiro atoms. The van der Waals surface area contributed by atoms with Gasteiger partial charge in [-0.3, -0.25) is 4.79 Å². The van der Waals surface area contributed by atoms with Crippen LogP contribution in [0.4, 0.5) is 5.69 Å². The first-order chi connectivity index (χ1) is 13.6. The van der Waals surface area contributed by atoms with Crippen LogP contribution < -0.4 is 20.7 Å². The predicted octanol–water partition coefficient (Wildman–Crippen LogP) is 3.89. The Morgan fingerprint density at radius 3 is 2.52 bits per heavy atom. The lowest BCUT2D eigenvalue weighted by molar-refractivity contribution is -0.118. The summed E-state index contributed by atoms with van der Waals surface area (Å²) >= 11 is 0. The third-order valence-corrected chi connectivity index (χ3v) is 5.24. The summed E-state index contributed by atoms with van der Waals surface area (Å²) in [7, 11) is 1.68. The van der Waals surface area contributed by atoms with Crippen molar-refractivity contribution in [2.45, 2.75) is 45.3 Å². The van der Waals surface area contributed by atoms with Crippen LogP contribution in [0.25, 0.3) is 0 Å². The second kappa shape index (κ2) is 14.3. The van der Waals surface area contributed by atoms with Gasteiger partial charge < -0.3 is 26.2 Å². The van der Waals surface area contributed by atoms with Crippen LogP contribution in [0.1, 0.15) is 43.9 Å². The van der Waals surface area contributed by atoms with Gasteiger partial charge in [0.2, 0.25) is 5.91 Å². The maximum Gasteiger partial charge on any atom is 0.226 e. The summed E-state index contributed by atoms with van der Waals surface area (Å²) in [6.07, 6.45) is 2.28. The third kappa shape index (κ3) is 7.98. The van der Waals surface area contributed by atoms with Gasteiger partial charge in [-0.15, -0.1) is 24.8 Å². The fraction of sp³-hybridized carbons (Fsp3) is 0.435. The predicted molar refractivity (Wildman–Crippen MR) is 132 cm³/mol. The number of hydrogen-bond acceptors (Lipinski definition) is 4. The van der Waals surface area contributed by atoms with Crippen molar-refractivity contribution in [3.05, 3.63) is 59.7 Å². The molecule has 1 heterocycles. The molecule has 0 aromatic heterocycles. The van der Waals surface area contributed by atoms with Crippen LogP contribution in [0.2, 0.25) is 0 Å². The number of nitrogens with one attached hydrogen (secondary N) is 3. The maximum atomic E-state index is 12.0. The first kappa shape index (κ1) is 29.2. The summed E-state index contributed by atoms with van der Waals surface area (Å²) in [5.41, 5.74) is 3.16. The average molecular weight is 472 g/mol. The number of rotatable bonds is 7. The fourth-order valence-electron chi connectivity index (χ4n) is 3.64. The van der Waals surface area contributed by atoms with Crippen molar-refractivity contribution in [1.82, 2.24) is 10.6 Å². The highest BCUT2D eigenvalue weighted by molar-refractivity contribution is 5.92. The summed E-state index contributed by atoms with van der Waals surface area (Å²) < 4.78 is 5.54. The van der Waals surface area contributed by atoms with Gasteiger partial charge in [0.05, 0.1) is 7.11 Å². The molecule has 2 aromatic rings. The minimum absolute atomic E-state index is 0. The number of piperidine rings is 1. The smallest absolute Gasteiger partial charge is 0.226 e. The summed E-state index contributed by atoms with van der Waals surface area (Å²) in [6, 6.07) is 17.0. The Hall–Kier alpha value is -1.83. The molecule has 8 heteroatoms. The molecule has 174 valence electrons. The number of methoxy groups -OCH3 is 1. The molecule has 1 aliphatic heterocycles. The van der Waals surface area contributed by atoms with Gasteiger partial charge in [-0.1, -0.05) is 44.2 Å². The molecule has 0 aliphatic carbocycles. The highest BCUT2D eigenvalue weighted by Crippen LogP contribution is 2.26. The van der Waals surface area contributed by atoms with Crippen molar-refractivity contribution in [2.24, 2.45) is 5.92 Å². The van der Waals surface area contributed by atoms with Gasteiger partial charge in [0.1, 0.15) is 5.75 Å². The Balaban J connectivity index is 0.00000300. The van der Waals surface area contributed by atoms with Gasteiger partial charge >= 0.3 is 0 Å². The Bertz CT molecular complexity index is 791. The second-order valence-corrected chi connectivity index (χ2v) is 7.64. The largest absolute Gasteiger partial charge is 0.496 e. The Labute approximate surface area is 197 Å². The molecule has 0 unspecified atom stereocenters. The molecular weight excluding hydrogens is 437 g/mol. The number of amides is 1. The maximum absolute atomic E-state index is 12.0. The van der Waals surface area contributed by atoms with Gasteiger partial charge in [-0.2, -0.15) is 0 Å². The van der Waals surface area contributed by atoms with Gasteiger partial charge in [-0.05, 0) is 43.1 Å². The highest BCUT2D eigenvalue weighted by atomic mass is 35.5. The number of halogens is 2. The number of carbonyl (C=O) groups is 1. The number of ether oxygens (including phenoxy) is 1. The van der Waals surface area contributed by atoms with Crippen LogP contribution >= 0.6 is 24.8 Å². The van der Waals surface area contributed by atoms with E-state index in [9.17, 15) is 4.79 Å². The molecule has 0 bridgehead atoms. The van der Waals surface area contributed by atoms with E-state index in [1.165, 1.54) is 5.56 Å². The molecule has 31 heavy (non-hydrogen) atoms. The molecule has 1 amide bonds. The van der Waals surface area contributed by atoms with Crippen LogP contribution in [-0.4, -0.2) is 31.1 Å². The van der Waals surface area contributed by atoms with Crippen LogP contribution in [0.5, 0.6) is 5.75 Å². The quantitative estimate of drug-likeness (QED) is 0.570. The Morgan fingerprint density at radius 1 is 1.16 bits per heavy atom. The standard InChI is InChI=1S/C23H31N3O2.2ClH.H2O/c1-16(2)23(27)26-19-11-12-21(28-3)18(14-19)15-25-20-10-7-13-24-22(20)17-8-5-4-6-9-17;;;/h4-6,8-9,11-12,14,16,20,22,24-25H,7,10,13,15H2,1-3H3,(H,26,27);2*1H;1H2/t20-,22-;;;/m0.../s1. The lowest BCUT2D eigenvalue weighted by Gasteiger charge is -2.34. The molecule has 0 radical (unpaired) electrons. The molecule has 6 nitrogen and oxygen atoms in total. The van der Waals surface area contributed by atoms with E-state index in [0.717, 1.165) is 36.4 Å². The lowest BCUT2D eigenvalue weighted by atomic mass is 9.92. The molecule has 2 atom stereocenters. The fourth-order valence-corrected chi connectivity index (χ4v) is 3.64. The van der Waals surface area contributed by atoms with Crippen molar-refractivity contribution < 1.29 is 15.0 Å². The zero-order valence-electron chi connectivity index (χ0n) is 18.3. The zero-order chi connectivity index (χ0) is 19.9. The van der Waals surface area contributed by atoms with E-state index in [-0.39, 0.29) is 42.1 Å². The molecule has 1 aliphatic rings. The first-order valence-electron chi connectivity index (χ1n) is 10.1. The Morgan fingerprint density at radius 2 is 1.87 bits per heavy atom. The van der Waals surface area contributed by atoms with Crippen molar-refractivity contribution >= 4 is 36.4 Å². The van der Waals surface area contributed by atoms with Gasteiger partial charge in [-0.25, -0.2) is 0 Å². The molecule has 3 rings (SSSR count). The van der Waals surface area contributed by atoms with Crippen LogP contribution in [-0.2, 0) is 11.3 Å². The van der Waals surface area contributed by atoms with Crippen LogP contribution in [0.3, 0.4) is 0 Å². The van der Waals surface area contributed by atoms with E-state index in [4.69, 9.17) is 4.74 Å². The summed E-state index contributed by atoms with van der Waals surface area (Å²) in [6.45, 7) is 5.50. The second-order valence-electron chi connectivity index (χ2n) is 7.64. The minimum Gasteiger partial charge on any atom is -0.496 e. The van der Waals surface area contributed by atoms with E-state index in [2.05, 4.69) is 46.3 Å². The number of hydrogen-bond donors (Lipinski definition) is 3. The monoisotopic (exact) mass is 471 g/mol. The molecule has 1 saturated heterocycles. The summed E-state index contributed by atoms with van der Waals surface area (Å²) in [5, 5.41) is 10.3. The van der Waals surface area contributed by atoms with E-state index >= 15 is 0 Å². The van der Waals surface area contributed by atoms with Gasteiger partial charge in [0, 0.05) is 35.8 Å². The van der Waals surface area contributed by atoms with Crippen molar-refractivity contribution in [1.29, 1.82) is 0 Å². The third-order valence-electron chi connectivity index (χ3n) is 5.24. The van der Waals surface area contributed by atoms with Crippen molar-refractivity contribution in [3.8, 4) is 5.75 Å². The average Bonchev–Trinajstić information content (AvgIpc) is 2.73. The number of anilines is 1. The molecule has 5 N–H and O–H groups in total. The SMILES string of the molecule is COc1ccc(NC(=O)C(C)C)cc1CN[C@H]1CCCN[C@H]1c1ccccc1.Cl.Cl.O. The first-order valence-corrected chi connectivity index (χ1v) is 10.1. The number of carbonyl (C=O) groups excluding carboxylic acids is 1. The van der Waals surface area contributed by atoms with Gasteiger partial charge in [0.15, 0.2) is 0 Å². The summed E-state index contributed by atoms with van der Waals surface area (Å²) in [4.78, 5) is 12.0. The Kier molecular flexibility index (Phi) is 13.4. The van der Waals surface area contributed by atoms with Crippen molar-refractivity contribution in [2.75, 3.05) is 19.0 Å². The highest BCUT2D eigenvalue weighted by Gasteiger charge is 2.25. The van der Waals surface area contributed by atoms with E-state index < -0.39 is 0 Å². The minimum atomic E-state index is -0.0522. The number of benzene rings is 2. The molecular formula is C23H35Cl2N3O3. The van der Waals surface area contributed by atoms with Crippen molar-refractivity contribution in [3.63, 3.8) is 0 Å². The lowest BCUT2D eigenvalue weighted by Crippen LogP contribution is -2.45. The molecule has 1 fully saturated rings. The summed E-state index contributed by atoms with van der Waals surface area (Å²) in [5.74, 6) is 0.795. The van der Waals surface area contributed by atoms with Crippen LogP contribution in [0, 0.1) is 5.92 Å². The molecule has 2 aromatic carbocycles. The topological polar surface area (TPSA) is 93.9 Å². The zero-order valence-corrected chi connectivity index (χ0v) is 19.9. The van der Waals surface area contributed by atoms with E-state index in [0.29, 0.717) is 18.6 Å². The van der Waals surface area contributed by atoms with Crippen LogP contribution in [0.15, 0.2) is 48.5 Å². The normalized spacial score (nSPS) is 17.5.